The summed E-state index contributed by atoms with van der Waals surface area (Å²) in [7, 11) is 0.542. The van der Waals surface area contributed by atoms with Gasteiger partial charge in [-0.1, -0.05) is 0 Å². The van der Waals surface area contributed by atoms with E-state index < -0.39 is 13.3 Å². The average molecular weight is 256 g/mol. The highest BCUT2D eigenvalue weighted by molar-refractivity contribution is 7.48. The fraction of sp³-hybridized carbons (Fsp3) is 0.818. The van der Waals surface area contributed by atoms with Gasteiger partial charge in [0.25, 0.3) is 5.91 Å². The van der Waals surface area contributed by atoms with Crippen molar-refractivity contribution in [2.24, 2.45) is 0 Å². The summed E-state index contributed by atoms with van der Waals surface area (Å²) in [4.78, 5) is 27.3. The summed E-state index contributed by atoms with van der Waals surface area (Å²) in [6.45, 7) is 7.70. The lowest BCUT2D eigenvalue weighted by Gasteiger charge is -2.42. The second-order valence-corrected chi connectivity index (χ2v) is 7.63. The number of likely N-dealkylation sites (N-methyl/N-ethyl adjacent to an activating group) is 1. The number of amides is 3. The molecule has 0 aromatic heterocycles. The molecule has 2 aliphatic heterocycles. The van der Waals surface area contributed by atoms with E-state index in [0.717, 1.165) is 0 Å². The summed E-state index contributed by atoms with van der Waals surface area (Å²) in [5.41, 5.74) is -0.744. The Morgan fingerprint density at radius 2 is 1.82 bits per heavy atom. The van der Waals surface area contributed by atoms with Gasteiger partial charge in [-0.25, -0.2) is 4.79 Å². The molecule has 94 valence electrons. The van der Waals surface area contributed by atoms with E-state index in [2.05, 4.69) is 0 Å². The molecule has 2 saturated heterocycles. The van der Waals surface area contributed by atoms with Crippen LogP contribution < -0.4 is 0 Å². The quantitative estimate of drug-likeness (QED) is 0.532. The molecule has 2 aliphatic rings. The number of carbonyl (C=O) groups excluding carboxylic acids is 2. The molecule has 0 bridgehead atoms. The van der Waals surface area contributed by atoms with Crippen LogP contribution >= 0.6 is 7.71 Å². The highest BCUT2D eigenvalue weighted by Crippen LogP contribution is 2.52. The molecule has 5 atom stereocenters. The lowest BCUT2D eigenvalue weighted by atomic mass is 9.93. The molecule has 5 unspecified atom stereocenters. The van der Waals surface area contributed by atoms with Gasteiger partial charge in [0.15, 0.2) is 16.9 Å². The Bertz CT molecular complexity index is 425. The van der Waals surface area contributed by atoms with Gasteiger partial charge in [-0.05, 0) is 27.7 Å². The maximum absolute atomic E-state index is 12.3. The Balaban J connectivity index is 2.57. The molecule has 0 aliphatic carbocycles. The van der Waals surface area contributed by atoms with Gasteiger partial charge in [-0.2, -0.15) is 0 Å². The van der Waals surface area contributed by atoms with Gasteiger partial charge in [-0.15, -0.1) is 5.16 Å². The van der Waals surface area contributed by atoms with Crippen LogP contribution in [0.3, 0.4) is 0 Å². The van der Waals surface area contributed by atoms with Crippen LogP contribution in [0.1, 0.15) is 27.7 Å². The maximum Gasteiger partial charge on any atom is 0.327 e. The van der Waals surface area contributed by atoms with Crippen LogP contribution in [0.25, 0.3) is 0 Å². The summed E-state index contributed by atoms with van der Waals surface area (Å²) < 4.78 is 0. The third kappa shape index (κ3) is 1.26. The summed E-state index contributed by atoms with van der Waals surface area (Å²) in [5.74, 6) is -0.159. The Hall–Kier alpha value is -0.960. The molecule has 0 spiro atoms. The van der Waals surface area contributed by atoms with Crippen molar-refractivity contribution in [2.45, 2.75) is 50.6 Å². The maximum atomic E-state index is 12.3. The SMILES string of the molecule is CC1C(C)[P+](=N)C(C)C2(C)C(=O)N(C)C(=O)N12. The van der Waals surface area contributed by atoms with Crippen LogP contribution in [0.2, 0.25) is 0 Å². The highest BCUT2D eigenvalue weighted by atomic mass is 31.1. The fourth-order valence-electron chi connectivity index (χ4n) is 2.94. The van der Waals surface area contributed by atoms with Gasteiger partial charge < -0.3 is 0 Å². The number of nitrogens with zero attached hydrogens (tertiary/aromatic N) is 2. The second-order valence-electron chi connectivity index (χ2n) is 5.23. The van der Waals surface area contributed by atoms with E-state index in [1.54, 1.807) is 4.90 Å². The first-order valence-corrected chi connectivity index (χ1v) is 7.33. The van der Waals surface area contributed by atoms with Crippen molar-refractivity contribution in [3.8, 4) is 0 Å². The lowest BCUT2D eigenvalue weighted by molar-refractivity contribution is -0.132. The van der Waals surface area contributed by atoms with Crippen molar-refractivity contribution in [3.05, 3.63) is 0 Å². The molecule has 5 nitrogen and oxygen atoms in total. The van der Waals surface area contributed by atoms with Crippen molar-refractivity contribution < 1.29 is 9.59 Å². The fourth-order valence-corrected chi connectivity index (χ4v) is 5.02. The van der Waals surface area contributed by atoms with Gasteiger partial charge in [0.05, 0.1) is 6.04 Å². The first kappa shape index (κ1) is 12.5. The first-order chi connectivity index (χ1) is 7.74. The topological polar surface area (TPSA) is 64.5 Å². The second kappa shape index (κ2) is 3.52. The number of nitrogens with one attached hydrogen (secondary N) is 1. The third-order valence-electron chi connectivity index (χ3n) is 4.51. The summed E-state index contributed by atoms with van der Waals surface area (Å²) in [5, 5.41) is 8.27. The molecule has 2 heterocycles. The van der Waals surface area contributed by atoms with Gasteiger partial charge in [0.2, 0.25) is 7.71 Å². The molecule has 2 rings (SSSR count). The zero-order chi connectivity index (χ0) is 13.1. The normalized spacial score (nSPS) is 44.3. The summed E-state index contributed by atoms with van der Waals surface area (Å²) in [6, 6.07) is -0.256. The standard InChI is InChI=1S/C11H19N3O2P/c1-6-7(2)17(12)8(3)11(4)9(15)13(5)10(16)14(6)11/h6-8,12H,1-5H3/q+1. The number of imide groups is 1. The molecule has 2 fully saturated rings. The minimum Gasteiger partial charge on any atom is -0.298 e. The van der Waals surface area contributed by atoms with Crippen molar-refractivity contribution in [1.82, 2.24) is 9.80 Å². The van der Waals surface area contributed by atoms with Crippen molar-refractivity contribution >= 4 is 19.7 Å². The molecule has 0 radical (unpaired) electrons. The average Bonchev–Trinajstić information content (AvgIpc) is 2.47. The zero-order valence-corrected chi connectivity index (χ0v) is 11.8. The number of hydrogen-bond donors (Lipinski definition) is 1. The van der Waals surface area contributed by atoms with E-state index in [-0.39, 0.29) is 29.3 Å². The van der Waals surface area contributed by atoms with Crippen LogP contribution in [0.15, 0.2) is 0 Å². The van der Waals surface area contributed by atoms with Gasteiger partial charge in [0.1, 0.15) is 0 Å². The molecular weight excluding hydrogens is 237 g/mol. The zero-order valence-electron chi connectivity index (χ0n) is 10.9. The van der Waals surface area contributed by atoms with Crippen molar-refractivity contribution in [1.29, 1.82) is 5.16 Å². The van der Waals surface area contributed by atoms with Crippen LogP contribution in [-0.4, -0.2) is 51.7 Å². The van der Waals surface area contributed by atoms with E-state index in [1.807, 2.05) is 27.7 Å². The first-order valence-electron chi connectivity index (χ1n) is 5.85. The van der Waals surface area contributed by atoms with E-state index in [0.29, 0.717) is 0 Å². The van der Waals surface area contributed by atoms with E-state index in [9.17, 15) is 9.59 Å². The van der Waals surface area contributed by atoms with Gasteiger partial charge in [0, 0.05) is 7.05 Å². The number of hydrogen-bond acceptors (Lipinski definition) is 3. The minimum absolute atomic E-state index is 0.0405. The Kier molecular flexibility index (Phi) is 2.58. The van der Waals surface area contributed by atoms with Crippen molar-refractivity contribution in [2.75, 3.05) is 7.05 Å². The summed E-state index contributed by atoms with van der Waals surface area (Å²) >= 11 is 0. The molecular formula is C11H19N3O2P+. The molecule has 0 aromatic carbocycles. The molecule has 17 heavy (non-hydrogen) atoms. The van der Waals surface area contributed by atoms with E-state index >= 15 is 0 Å². The van der Waals surface area contributed by atoms with Crippen molar-refractivity contribution in [3.63, 3.8) is 0 Å². The lowest BCUT2D eigenvalue weighted by Crippen LogP contribution is -2.62. The number of rotatable bonds is 0. The van der Waals surface area contributed by atoms with Gasteiger partial charge in [-0.3, -0.25) is 14.6 Å². The molecule has 6 heteroatoms. The molecule has 3 amide bonds. The Morgan fingerprint density at radius 3 is 2.35 bits per heavy atom. The minimum atomic E-state index is -0.990. The Morgan fingerprint density at radius 1 is 1.29 bits per heavy atom. The van der Waals surface area contributed by atoms with E-state index in [4.69, 9.17) is 5.16 Å². The number of fused-ring (bicyclic) bond motifs is 1. The van der Waals surface area contributed by atoms with Crippen LogP contribution in [0.4, 0.5) is 4.79 Å². The predicted octanol–water partition coefficient (Wildman–Crippen LogP) is 2.06. The number of urea groups is 1. The smallest absolute Gasteiger partial charge is 0.298 e. The molecule has 0 saturated carbocycles. The molecule has 1 N–H and O–H groups in total. The van der Waals surface area contributed by atoms with Crippen LogP contribution in [-0.2, 0) is 4.79 Å². The Labute approximate surface area is 102 Å². The predicted molar refractivity (Wildman–Crippen MR) is 66.4 cm³/mol. The van der Waals surface area contributed by atoms with Gasteiger partial charge >= 0.3 is 6.03 Å². The summed E-state index contributed by atoms with van der Waals surface area (Å²) in [6.07, 6.45) is 0. The van der Waals surface area contributed by atoms with Crippen LogP contribution in [0, 0.1) is 5.16 Å². The monoisotopic (exact) mass is 256 g/mol. The highest BCUT2D eigenvalue weighted by Gasteiger charge is 2.67. The van der Waals surface area contributed by atoms with E-state index in [1.165, 1.54) is 11.9 Å². The third-order valence-corrected chi connectivity index (χ3v) is 7.15. The number of carbonyl (C=O) groups is 2. The molecule has 0 aromatic rings. The largest absolute Gasteiger partial charge is 0.327 e. The van der Waals surface area contributed by atoms with Crippen LogP contribution in [0.5, 0.6) is 0 Å².